The molecule has 0 atom stereocenters. The van der Waals surface area contributed by atoms with E-state index in [-0.39, 0.29) is 0 Å². The van der Waals surface area contributed by atoms with Gasteiger partial charge in [0.05, 0.1) is 9.90 Å². The lowest BCUT2D eigenvalue weighted by Gasteiger charge is -2.16. The minimum absolute atomic E-state index is 0.478. The zero-order valence-electron chi connectivity index (χ0n) is 8.20. The van der Waals surface area contributed by atoms with Crippen molar-refractivity contribution >= 4 is 34.2 Å². The Morgan fingerprint density at radius 3 is 2.57 bits per heavy atom. The van der Waals surface area contributed by atoms with Crippen LogP contribution in [0.2, 0.25) is 0 Å². The van der Waals surface area contributed by atoms with Crippen molar-refractivity contribution in [2.24, 2.45) is 0 Å². The first-order valence-corrected chi connectivity index (χ1v) is 5.61. The fourth-order valence-electron chi connectivity index (χ4n) is 0.773. The van der Waals surface area contributed by atoms with Crippen LogP contribution < -0.4 is 5.73 Å². The predicted molar refractivity (Wildman–Crippen MR) is 58.8 cm³/mol. The van der Waals surface area contributed by atoms with Crippen LogP contribution in [0.5, 0.6) is 0 Å². The largest absolute Gasteiger partial charge is 0.480 e. The summed E-state index contributed by atoms with van der Waals surface area (Å²) < 4.78 is 0.0268. The number of aryl methyl sites for hydroxylation is 1. The van der Waals surface area contributed by atoms with Gasteiger partial charge in [0, 0.05) is 0 Å². The summed E-state index contributed by atoms with van der Waals surface area (Å²) in [7, 11) is 0. The van der Waals surface area contributed by atoms with Gasteiger partial charge < -0.3 is 10.8 Å². The SMILES string of the molecule is Cc1nc(N)sc1SC(C)(C)C(=O)O. The molecule has 78 valence electrons. The van der Waals surface area contributed by atoms with Crippen LogP contribution in [0.4, 0.5) is 5.13 Å². The summed E-state index contributed by atoms with van der Waals surface area (Å²) in [6.45, 7) is 5.15. The highest BCUT2D eigenvalue weighted by Gasteiger charge is 2.30. The third-order valence-corrected chi connectivity index (χ3v) is 4.08. The third kappa shape index (κ3) is 2.39. The molecule has 1 heterocycles. The molecule has 6 heteroatoms. The smallest absolute Gasteiger partial charge is 0.319 e. The van der Waals surface area contributed by atoms with Crippen molar-refractivity contribution < 1.29 is 9.90 Å². The fraction of sp³-hybridized carbons (Fsp3) is 0.500. The highest BCUT2D eigenvalue weighted by Crippen LogP contribution is 2.38. The summed E-state index contributed by atoms with van der Waals surface area (Å²) in [5.74, 6) is -0.839. The molecule has 0 aliphatic heterocycles. The molecule has 14 heavy (non-hydrogen) atoms. The number of nitrogen functional groups attached to an aromatic ring is 1. The first kappa shape index (κ1) is 11.3. The average molecular weight is 232 g/mol. The van der Waals surface area contributed by atoms with E-state index >= 15 is 0 Å². The number of rotatable bonds is 3. The lowest BCUT2D eigenvalue weighted by atomic mass is 10.2. The van der Waals surface area contributed by atoms with E-state index in [1.54, 1.807) is 13.8 Å². The quantitative estimate of drug-likeness (QED) is 0.779. The number of aliphatic carboxylic acids is 1. The number of carboxylic acids is 1. The number of carboxylic acid groups (broad SMARTS) is 1. The molecule has 0 spiro atoms. The second-order valence-corrected chi connectivity index (χ2v) is 6.26. The Labute approximate surface area is 90.5 Å². The number of hydrogen-bond acceptors (Lipinski definition) is 5. The van der Waals surface area contributed by atoms with Gasteiger partial charge in [0.25, 0.3) is 0 Å². The van der Waals surface area contributed by atoms with Crippen molar-refractivity contribution in [1.29, 1.82) is 0 Å². The molecule has 4 nitrogen and oxygen atoms in total. The Balaban J connectivity index is 2.88. The van der Waals surface area contributed by atoms with Crippen LogP contribution in [0.1, 0.15) is 19.5 Å². The summed E-state index contributed by atoms with van der Waals surface area (Å²) in [5, 5.41) is 9.41. The highest BCUT2D eigenvalue weighted by atomic mass is 32.2. The molecule has 0 amide bonds. The minimum Gasteiger partial charge on any atom is -0.480 e. The molecular weight excluding hydrogens is 220 g/mol. The molecule has 1 aromatic heterocycles. The average Bonchev–Trinajstić information content (AvgIpc) is 2.29. The molecule has 0 unspecified atom stereocenters. The van der Waals surface area contributed by atoms with Crippen molar-refractivity contribution in [3.05, 3.63) is 5.69 Å². The second kappa shape index (κ2) is 3.78. The number of hydrogen-bond donors (Lipinski definition) is 2. The van der Waals surface area contributed by atoms with E-state index in [1.807, 2.05) is 6.92 Å². The Hall–Kier alpha value is -0.750. The second-order valence-electron chi connectivity index (χ2n) is 3.34. The van der Waals surface area contributed by atoms with Crippen LogP contribution in [0, 0.1) is 6.92 Å². The summed E-state index contributed by atoms with van der Waals surface area (Å²) in [5.41, 5.74) is 6.32. The molecule has 1 rings (SSSR count). The topological polar surface area (TPSA) is 76.2 Å². The van der Waals surface area contributed by atoms with E-state index in [9.17, 15) is 4.79 Å². The lowest BCUT2D eigenvalue weighted by Crippen LogP contribution is -2.26. The minimum atomic E-state index is -0.844. The molecule has 0 fully saturated rings. The van der Waals surface area contributed by atoms with Crippen LogP contribution in [-0.4, -0.2) is 20.8 Å². The van der Waals surface area contributed by atoms with Crippen LogP contribution in [0.15, 0.2) is 4.21 Å². The summed E-state index contributed by atoms with van der Waals surface area (Å²) in [6.07, 6.45) is 0. The number of carbonyl (C=O) groups is 1. The molecule has 0 saturated carbocycles. The van der Waals surface area contributed by atoms with E-state index in [1.165, 1.54) is 23.1 Å². The van der Waals surface area contributed by atoms with E-state index in [4.69, 9.17) is 10.8 Å². The van der Waals surface area contributed by atoms with Crippen molar-refractivity contribution in [3.63, 3.8) is 0 Å². The zero-order valence-corrected chi connectivity index (χ0v) is 9.83. The van der Waals surface area contributed by atoms with Crippen molar-refractivity contribution in [1.82, 2.24) is 4.98 Å². The summed E-state index contributed by atoms with van der Waals surface area (Å²) in [6, 6.07) is 0. The molecule has 1 aromatic rings. The maximum atomic E-state index is 10.9. The van der Waals surface area contributed by atoms with Gasteiger partial charge >= 0.3 is 5.97 Å². The summed E-state index contributed by atoms with van der Waals surface area (Å²) >= 11 is 2.60. The Kier molecular flexibility index (Phi) is 3.06. The van der Waals surface area contributed by atoms with Gasteiger partial charge in [-0.1, -0.05) is 23.1 Å². The first-order chi connectivity index (χ1) is 6.33. The Morgan fingerprint density at radius 1 is 1.64 bits per heavy atom. The Morgan fingerprint density at radius 2 is 2.21 bits per heavy atom. The number of thioether (sulfide) groups is 1. The van der Waals surface area contributed by atoms with E-state index < -0.39 is 10.7 Å². The molecule has 0 aromatic carbocycles. The normalized spacial score (nSPS) is 11.6. The number of nitrogens with zero attached hydrogens (tertiary/aromatic N) is 1. The van der Waals surface area contributed by atoms with Gasteiger partial charge in [-0.25, -0.2) is 4.98 Å². The summed E-state index contributed by atoms with van der Waals surface area (Å²) in [4.78, 5) is 14.9. The molecule has 0 radical (unpaired) electrons. The fourth-order valence-corrected chi connectivity index (χ4v) is 3.13. The van der Waals surface area contributed by atoms with E-state index in [2.05, 4.69) is 4.98 Å². The van der Waals surface area contributed by atoms with Gasteiger partial charge in [0.1, 0.15) is 4.75 Å². The van der Waals surface area contributed by atoms with Crippen molar-refractivity contribution in [2.75, 3.05) is 5.73 Å². The van der Waals surface area contributed by atoms with Gasteiger partial charge in [0.2, 0.25) is 0 Å². The van der Waals surface area contributed by atoms with Crippen LogP contribution in [0.3, 0.4) is 0 Å². The maximum Gasteiger partial charge on any atom is 0.319 e. The standard InChI is InChI=1S/C8H12N2O2S2/c1-4-5(13-7(9)10-4)14-8(2,3)6(11)12/h1-3H3,(H2,9,10)(H,11,12). The van der Waals surface area contributed by atoms with E-state index in [0.29, 0.717) is 5.13 Å². The number of aromatic nitrogens is 1. The van der Waals surface area contributed by atoms with Gasteiger partial charge in [-0.3, -0.25) is 4.79 Å². The van der Waals surface area contributed by atoms with Gasteiger partial charge in [0.15, 0.2) is 5.13 Å². The van der Waals surface area contributed by atoms with Crippen molar-refractivity contribution in [2.45, 2.75) is 29.7 Å². The number of anilines is 1. The molecule has 0 saturated heterocycles. The van der Waals surface area contributed by atoms with Crippen LogP contribution >= 0.6 is 23.1 Å². The molecular formula is C8H12N2O2S2. The molecule has 3 N–H and O–H groups in total. The zero-order chi connectivity index (χ0) is 10.9. The van der Waals surface area contributed by atoms with Gasteiger partial charge in [-0.2, -0.15) is 0 Å². The number of nitrogens with two attached hydrogens (primary N) is 1. The van der Waals surface area contributed by atoms with Gasteiger partial charge in [-0.15, -0.1) is 0 Å². The van der Waals surface area contributed by atoms with Gasteiger partial charge in [-0.05, 0) is 20.8 Å². The van der Waals surface area contributed by atoms with Crippen LogP contribution in [-0.2, 0) is 4.79 Å². The monoisotopic (exact) mass is 232 g/mol. The highest BCUT2D eigenvalue weighted by molar-refractivity contribution is 8.03. The predicted octanol–water partition coefficient (Wildman–Crippen LogP) is 1.99. The molecule has 0 aliphatic carbocycles. The third-order valence-electron chi connectivity index (χ3n) is 1.63. The maximum absolute atomic E-state index is 10.9. The van der Waals surface area contributed by atoms with Crippen molar-refractivity contribution in [3.8, 4) is 0 Å². The lowest BCUT2D eigenvalue weighted by molar-refractivity contribution is -0.138. The first-order valence-electron chi connectivity index (χ1n) is 3.98. The molecule has 0 bridgehead atoms. The Bertz CT molecular complexity index is 360. The van der Waals surface area contributed by atoms with E-state index in [0.717, 1.165) is 9.90 Å². The molecule has 0 aliphatic rings. The van der Waals surface area contributed by atoms with Crippen LogP contribution in [0.25, 0.3) is 0 Å². The number of thiazole rings is 1.